The summed E-state index contributed by atoms with van der Waals surface area (Å²) < 4.78 is 7.28. The Balaban J connectivity index is 1.80. The van der Waals surface area contributed by atoms with Crippen molar-refractivity contribution in [3.8, 4) is 11.5 Å². The van der Waals surface area contributed by atoms with Gasteiger partial charge in [0.25, 0.3) is 0 Å². The summed E-state index contributed by atoms with van der Waals surface area (Å²) in [5, 5.41) is 0. The summed E-state index contributed by atoms with van der Waals surface area (Å²) in [4.78, 5) is 27.0. The predicted octanol–water partition coefficient (Wildman–Crippen LogP) is 2.13. The second-order valence-electron chi connectivity index (χ2n) is 6.35. The van der Waals surface area contributed by atoms with Gasteiger partial charge >= 0.3 is 6.09 Å². The highest BCUT2D eigenvalue weighted by Crippen LogP contribution is 2.24. The van der Waals surface area contributed by atoms with Crippen molar-refractivity contribution in [3.63, 3.8) is 0 Å². The lowest BCUT2D eigenvalue weighted by atomic mass is 10.2. The van der Waals surface area contributed by atoms with Gasteiger partial charge in [0.1, 0.15) is 11.3 Å². The topological polar surface area (TPSA) is 73.1 Å². The zero-order chi connectivity index (χ0) is 15.9. The number of rotatable bonds is 1. The van der Waals surface area contributed by atoms with Crippen LogP contribution in [0.3, 0.4) is 0 Å². The molecule has 3 rings (SSSR count). The van der Waals surface area contributed by atoms with Crippen LogP contribution in [0.15, 0.2) is 18.6 Å². The van der Waals surface area contributed by atoms with Gasteiger partial charge in [-0.25, -0.2) is 14.8 Å². The van der Waals surface area contributed by atoms with Crippen LogP contribution in [0.25, 0.3) is 11.5 Å². The molecule has 0 N–H and O–H groups in total. The Bertz CT molecular complexity index is 717. The lowest BCUT2D eigenvalue weighted by molar-refractivity contribution is 0.0239. The van der Waals surface area contributed by atoms with Crippen LogP contribution in [0.2, 0.25) is 0 Å². The van der Waals surface area contributed by atoms with Crippen molar-refractivity contribution >= 4 is 6.09 Å². The fourth-order valence-electron chi connectivity index (χ4n) is 2.30. The molecule has 7 heteroatoms. The second kappa shape index (κ2) is 5.08. The number of amides is 1. The molecule has 1 aliphatic rings. The van der Waals surface area contributed by atoms with Gasteiger partial charge in [-0.3, -0.25) is 9.88 Å². The number of aryl methyl sites for hydroxylation is 1. The summed E-state index contributed by atoms with van der Waals surface area (Å²) in [6, 6.07) is 0. The molecule has 1 amide bonds. The number of hydrogen-bond acceptors (Lipinski definition) is 5. The van der Waals surface area contributed by atoms with Crippen LogP contribution in [0.4, 0.5) is 4.79 Å². The van der Waals surface area contributed by atoms with E-state index in [1.54, 1.807) is 17.3 Å². The largest absolute Gasteiger partial charge is 0.444 e. The molecule has 0 atom stereocenters. The average molecular weight is 301 g/mol. The van der Waals surface area contributed by atoms with Crippen LogP contribution in [-0.4, -0.2) is 36.1 Å². The molecule has 0 spiro atoms. The Kier molecular flexibility index (Phi) is 3.35. The van der Waals surface area contributed by atoms with Crippen LogP contribution < -0.4 is 0 Å². The SMILES string of the molecule is Cn1ccnc1-c1cnc2c(n1)CN(C(=O)OC(C)(C)C)C2. The minimum atomic E-state index is -0.509. The Hall–Kier alpha value is -2.44. The third-order valence-electron chi connectivity index (χ3n) is 3.31. The first-order chi connectivity index (χ1) is 10.3. The van der Waals surface area contributed by atoms with E-state index in [4.69, 9.17) is 4.74 Å². The van der Waals surface area contributed by atoms with Gasteiger partial charge in [0.2, 0.25) is 0 Å². The monoisotopic (exact) mass is 301 g/mol. The van der Waals surface area contributed by atoms with Gasteiger partial charge in [-0.1, -0.05) is 0 Å². The fourth-order valence-corrected chi connectivity index (χ4v) is 2.30. The molecule has 0 saturated heterocycles. The molecule has 1 aliphatic heterocycles. The van der Waals surface area contributed by atoms with Crippen LogP contribution >= 0.6 is 0 Å². The van der Waals surface area contributed by atoms with E-state index >= 15 is 0 Å². The van der Waals surface area contributed by atoms with Crippen molar-refractivity contribution < 1.29 is 9.53 Å². The molecule has 0 aliphatic carbocycles. The molecule has 0 radical (unpaired) electrons. The Labute approximate surface area is 129 Å². The van der Waals surface area contributed by atoms with E-state index in [1.165, 1.54) is 0 Å². The minimum Gasteiger partial charge on any atom is -0.444 e. The predicted molar refractivity (Wildman–Crippen MR) is 79.7 cm³/mol. The summed E-state index contributed by atoms with van der Waals surface area (Å²) >= 11 is 0. The molecule has 7 nitrogen and oxygen atoms in total. The Morgan fingerprint density at radius 2 is 1.95 bits per heavy atom. The number of imidazole rings is 1. The molecule has 2 aromatic rings. The Morgan fingerprint density at radius 3 is 2.59 bits per heavy atom. The molecule has 2 aromatic heterocycles. The molecule has 0 unspecified atom stereocenters. The van der Waals surface area contributed by atoms with Gasteiger partial charge in [0.05, 0.1) is 30.7 Å². The molecule has 0 saturated carbocycles. The first kappa shape index (κ1) is 14.5. The van der Waals surface area contributed by atoms with Gasteiger partial charge < -0.3 is 9.30 Å². The number of ether oxygens (including phenoxy) is 1. The molecule has 22 heavy (non-hydrogen) atoms. The summed E-state index contributed by atoms with van der Waals surface area (Å²) in [5.41, 5.74) is 1.80. The average Bonchev–Trinajstić information content (AvgIpc) is 3.01. The van der Waals surface area contributed by atoms with E-state index in [0.29, 0.717) is 18.8 Å². The molecular formula is C15H19N5O2. The second-order valence-corrected chi connectivity index (χ2v) is 6.35. The Morgan fingerprint density at radius 1 is 1.23 bits per heavy atom. The normalized spacial score (nSPS) is 14.1. The number of carbonyl (C=O) groups excluding carboxylic acids is 1. The number of hydrogen-bond donors (Lipinski definition) is 0. The number of fused-ring (bicyclic) bond motifs is 1. The molecule has 3 heterocycles. The maximum absolute atomic E-state index is 12.1. The van der Waals surface area contributed by atoms with Crippen LogP contribution in [0.1, 0.15) is 32.2 Å². The van der Waals surface area contributed by atoms with E-state index < -0.39 is 5.60 Å². The summed E-state index contributed by atoms with van der Waals surface area (Å²) in [5.74, 6) is 0.756. The van der Waals surface area contributed by atoms with Crippen molar-refractivity contribution in [1.82, 2.24) is 24.4 Å². The van der Waals surface area contributed by atoms with E-state index in [-0.39, 0.29) is 6.09 Å². The highest BCUT2D eigenvalue weighted by molar-refractivity contribution is 5.69. The minimum absolute atomic E-state index is 0.342. The van der Waals surface area contributed by atoms with Crippen molar-refractivity contribution in [2.45, 2.75) is 39.5 Å². The number of carbonyl (C=O) groups is 1. The first-order valence-corrected chi connectivity index (χ1v) is 7.14. The van der Waals surface area contributed by atoms with Crippen LogP contribution in [-0.2, 0) is 24.9 Å². The lowest BCUT2D eigenvalue weighted by Crippen LogP contribution is -2.33. The van der Waals surface area contributed by atoms with Crippen molar-refractivity contribution in [2.24, 2.45) is 7.05 Å². The van der Waals surface area contributed by atoms with E-state index in [0.717, 1.165) is 17.2 Å². The van der Waals surface area contributed by atoms with Crippen LogP contribution in [0, 0.1) is 0 Å². The third-order valence-corrected chi connectivity index (χ3v) is 3.31. The van der Waals surface area contributed by atoms with Gasteiger partial charge in [0.15, 0.2) is 5.82 Å². The van der Waals surface area contributed by atoms with Crippen LogP contribution in [0.5, 0.6) is 0 Å². The van der Waals surface area contributed by atoms with E-state index in [9.17, 15) is 4.79 Å². The smallest absolute Gasteiger partial charge is 0.410 e. The van der Waals surface area contributed by atoms with Crippen molar-refractivity contribution in [2.75, 3.05) is 0 Å². The molecule has 116 valence electrons. The lowest BCUT2D eigenvalue weighted by Gasteiger charge is -2.23. The molecular weight excluding hydrogens is 282 g/mol. The van der Waals surface area contributed by atoms with Gasteiger partial charge in [-0.05, 0) is 20.8 Å². The summed E-state index contributed by atoms with van der Waals surface area (Å²) in [7, 11) is 1.91. The third kappa shape index (κ3) is 2.79. The quantitative estimate of drug-likeness (QED) is 0.806. The first-order valence-electron chi connectivity index (χ1n) is 7.14. The van der Waals surface area contributed by atoms with Gasteiger partial charge in [-0.15, -0.1) is 0 Å². The highest BCUT2D eigenvalue weighted by Gasteiger charge is 2.29. The van der Waals surface area contributed by atoms with Crippen molar-refractivity contribution in [3.05, 3.63) is 30.0 Å². The zero-order valence-corrected chi connectivity index (χ0v) is 13.2. The summed E-state index contributed by atoms with van der Waals surface area (Å²) in [6.07, 6.45) is 4.93. The van der Waals surface area contributed by atoms with Crippen molar-refractivity contribution in [1.29, 1.82) is 0 Å². The maximum atomic E-state index is 12.1. The molecule has 0 aromatic carbocycles. The fraction of sp³-hybridized carbons (Fsp3) is 0.467. The maximum Gasteiger partial charge on any atom is 0.410 e. The standard InChI is InChI=1S/C15H19N5O2/c1-15(2,3)22-14(21)20-8-11-12(9-20)18-10(7-17-11)13-16-5-6-19(13)4/h5-7H,8-9H2,1-4H3. The van der Waals surface area contributed by atoms with Gasteiger partial charge in [-0.2, -0.15) is 0 Å². The molecule has 0 fully saturated rings. The van der Waals surface area contributed by atoms with E-state index in [1.807, 2.05) is 38.6 Å². The number of nitrogens with zero attached hydrogens (tertiary/aromatic N) is 5. The highest BCUT2D eigenvalue weighted by atomic mass is 16.6. The van der Waals surface area contributed by atoms with Gasteiger partial charge in [0, 0.05) is 19.4 Å². The zero-order valence-electron chi connectivity index (χ0n) is 13.2. The van der Waals surface area contributed by atoms with E-state index in [2.05, 4.69) is 15.0 Å². The summed E-state index contributed by atoms with van der Waals surface area (Å²) in [6.45, 7) is 6.39. The number of aromatic nitrogens is 4. The molecule has 0 bridgehead atoms.